The van der Waals surface area contributed by atoms with Crippen molar-refractivity contribution in [3.05, 3.63) is 0 Å². The second kappa shape index (κ2) is 12.6. The number of aliphatic hydroxyl groups excluding tert-OH is 1. The van der Waals surface area contributed by atoms with E-state index in [1.165, 1.54) is 18.9 Å². The normalized spacial score (nSPS) is 23.1. The molecule has 0 radical (unpaired) electrons. The summed E-state index contributed by atoms with van der Waals surface area (Å²) in [5, 5.41) is 13.2. The van der Waals surface area contributed by atoms with Crippen LogP contribution in [0.3, 0.4) is 0 Å². The first-order valence-electron chi connectivity index (χ1n) is 11.9. The number of amides is 2. The Morgan fingerprint density at radius 3 is 2.14 bits per heavy atom. The highest BCUT2D eigenvalue weighted by Gasteiger charge is 2.52. The lowest BCUT2D eigenvalue weighted by Gasteiger charge is -2.36. The van der Waals surface area contributed by atoms with Crippen LogP contribution in [0.1, 0.15) is 74.7 Å². The Morgan fingerprint density at radius 1 is 1.14 bits per heavy atom. The van der Waals surface area contributed by atoms with E-state index in [0.29, 0.717) is 6.42 Å². The third kappa shape index (κ3) is 9.67. The van der Waals surface area contributed by atoms with Crippen LogP contribution in [-0.2, 0) is 28.5 Å². The van der Waals surface area contributed by atoms with Crippen LogP contribution >= 0.6 is 0 Å². The Kier molecular flexibility index (Phi) is 11.0. The highest BCUT2D eigenvalue weighted by atomic mass is 16.7. The third-order valence-corrected chi connectivity index (χ3v) is 5.35. The van der Waals surface area contributed by atoms with Gasteiger partial charge in [0.05, 0.1) is 6.10 Å². The van der Waals surface area contributed by atoms with Crippen molar-refractivity contribution in [2.75, 3.05) is 7.11 Å². The molecule has 0 aromatic carbocycles. The predicted octanol–water partition coefficient (Wildman–Crippen LogP) is 2.57. The standard InChI is InChI=1S/C25H42N2O8/c1-11-16(33-22(32-10)26-15(3)28)13-18-17(20(29)12-2)14-19(21(30)34-24(4,5)6)27(18)23(31)35-25(7,8)9/h2,16-20,22,29H,11,13-14H2,1,3-10H3,(H,26,28)/t16?,17-,18-,19-,20?,22?/m1/s1. The lowest BCUT2D eigenvalue weighted by Crippen LogP contribution is -2.51. The van der Waals surface area contributed by atoms with Crippen LogP contribution < -0.4 is 5.32 Å². The monoisotopic (exact) mass is 498 g/mol. The van der Waals surface area contributed by atoms with E-state index in [-0.39, 0.29) is 18.7 Å². The van der Waals surface area contributed by atoms with Gasteiger partial charge in [-0.1, -0.05) is 12.8 Å². The second-order valence-electron chi connectivity index (χ2n) is 10.7. The largest absolute Gasteiger partial charge is 0.458 e. The molecule has 6 atom stereocenters. The van der Waals surface area contributed by atoms with E-state index < -0.39 is 59.9 Å². The van der Waals surface area contributed by atoms with Crippen molar-refractivity contribution in [3.8, 4) is 12.3 Å². The topological polar surface area (TPSA) is 124 Å². The second-order valence-corrected chi connectivity index (χ2v) is 10.7. The zero-order valence-corrected chi connectivity index (χ0v) is 22.4. The summed E-state index contributed by atoms with van der Waals surface area (Å²) in [4.78, 5) is 39.3. The lowest BCUT2D eigenvalue weighted by molar-refractivity contribution is -0.182. The SMILES string of the molecule is C#CC(O)[C@@H]1C[C@H](C(=O)OC(C)(C)C)N(C(=O)OC(C)(C)C)[C@@H]1CC(CC)OC(NC(C)=O)OC. The third-order valence-electron chi connectivity index (χ3n) is 5.35. The molecule has 2 N–H and O–H groups in total. The molecule has 0 aromatic heterocycles. The molecule has 1 aliphatic heterocycles. The van der Waals surface area contributed by atoms with Crippen molar-refractivity contribution >= 4 is 18.0 Å². The molecule has 0 bridgehead atoms. The summed E-state index contributed by atoms with van der Waals surface area (Å²) in [6, 6.07) is -1.71. The Balaban J connectivity index is 3.39. The summed E-state index contributed by atoms with van der Waals surface area (Å²) in [7, 11) is 1.39. The number of carbonyl (C=O) groups excluding carboxylic acids is 3. The van der Waals surface area contributed by atoms with Crippen molar-refractivity contribution < 1.29 is 38.4 Å². The molecular formula is C25H42N2O8. The van der Waals surface area contributed by atoms with Crippen LogP contribution in [0, 0.1) is 18.3 Å². The van der Waals surface area contributed by atoms with Gasteiger partial charge in [-0.25, -0.2) is 9.59 Å². The average molecular weight is 499 g/mol. The van der Waals surface area contributed by atoms with Gasteiger partial charge in [-0.15, -0.1) is 6.42 Å². The van der Waals surface area contributed by atoms with Gasteiger partial charge in [0.1, 0.15) is 23.3 Å². The van der Waals surface area contributed by atoms with E-state index in [4.69, 9.17) is 25.4 Å². The number of methoxy groups -OCH3 is 1. The molecule has 1 fully saturated rings. The number of ether oxygens (including phenoxy) is 4. The zero-order chi connectivity index (χ0) is 27.1. The summed E-state index contributed by atoms with van der Waals surface area (Å²) in [6.45, 7) is 13.6. The molecule has 1 saturated heterocycles. The van der Waals surface area contributed by atoms with Gasteiger partial charge in [0.25, 0.3) is 0 Å². The van der Waals surface area contributed by atoms with E-state index in [9.17, 15) is 19.5 Å². The van der Waals surface area contributed by atoms with Crippen molar-refractivity contribution in [1.82, 2.24) is 10.2 Å². The van der Waals surface area contributed by atoms with Crippen molar-refractivity contribution in [3.63, 3.8) is 0 Å². The highest BCUT2D eigenvalue weighted by molar-refractivity contribution is 5.83. The maximum Gasteiger partial charge on any atom is 0.411 e. The van der Waals surface area contributed by atoms with E-state index in [2.05, 4.69) is 11.2 Å². The molecule has 0 spiro atoms. The minimum atomic E-state index is -1.22. The molecule has 1 rings (SSSR count). The summed E-state index contributed by atoms with van der Waals surface area (Å²) in [5.41, 5.74) is -1.61. The van der Waals surface area contributed by atoms with Gasteiger partial charge < -0.3 is 29.4 Å². The van der Waals surface area contributed by atoms with Crippen LogP contribution in [0.5, 0.6) is 0 Å². The van der Waals surface area contributed by atoms with Crippen LogP contribution in [0.15, 0.2) is 0 Å². The first kappa shape index (κ1) is 30.7. The fourth-order valence-electron chi connectivity index (χ4n) is 3.95. The number of rotatable bonds is 9. The quantitative estimate of drug-likeness (QED) is 0.282. The molecule has 2 amide bonds. The number of hydrogen-bond acceptors (Lipinski definition) is 8. The van der Waals surface area contributed by atoms with Crippen LogP contribution in [0.2, 0.25) is 0 Å². The first-order valence-corrected chi connectivity index (χ1v) is 11.9. The van der Waals surface area contributed by atoms with E-state index in [0.717, 1.165) is 0 Å². The van der Waals surface area contributed by atoms with Gasteiger partial charge >= 0.3 is 12.1 Å². The fourth-order valence-corrected chi connectivity index (χ4v) is 3.95. The maximum absolute atomic E-state index is 13.3. The summed E-state index contributed by atoms with van der Waals surface area (Å²) in [6.07, 6.45) is 2.88. The van der Waals surface area contributed by atoms with Gasteiger partial charge in [-0.05, 0) is 60.8 Å². The van der Waals surface area contributed by atoms with Crippen LogP contribution in [0.4, 0.5) is 4.79 Å². The number of terminal acetylenes is 1. The van der Waals surface area contributed by atoms with Crippen molar-refractivity contribution in [1.29, 1.82) is 0 Å². The number of carbonyl (C=O) groups is 3. The molecule has 0 aromatic rings. The van der Waals surface area contributed by atoms with Crippen LogP contribution in [-0.4, -0.2) is 77.0 Å². The molecule has 10 nitrogen and oxygen atoms in total. The maximum atomic E-state index is 13.3. The Hall–Kier alpha value is -2.35. The number of nitrogens with zero attached hydrogens (tertiary/aromatic N) is 1. The Bertz CT molecular complexity index is 780. The molecule has 3 unspecified atom stereocenters. The summed E-state index contributed by atoms with van der Waals surface area (Å²) in [5.74, 6) is 0.741. The van der Waals surface area contributed by atoms with Crippen molar-refractivity contribution in [2.45, 2.75) is 117 Å². The molecule has 1 aliphatic rings. The average Bonchev–Trinajstić information content (AvgIpc) is 3.08. The van der Waals surface area contributed by atoms with E-state index in [1.54, 1.807) is 41.5 Å². The molecule has 1 heterocycles. The molecule has 0 aliphatic carbocycles. The Morgan fingerprint density at radius 2 is 1.71 bits per heavy atom. The molecule has 0 saturated carbocycles. The zero-order valence-electron chi connectivity index (χ0n) is 22.4. The minimum absolute atomic E-state index is 0.0972. The van der Waals surface area contributed by atoms with Crippen molar-refractivity contribution in [2.24, 2.45) is 5.92 Å². The predicted molar refractivity (Wildman–Crippen MR) is 129 cm³/mol. The summed E-state index contributed by atoms with van der Waals surface area (Å²) >= 11 is 0. The first-order chi connectivity index (χ1) is 16.0. The molecule has 35 heavy (non-hydrogen) atoms. The van der Waals surface area contributed by atoms with Gasteiger partial charge in [0, 0.05) is 26.0 Å². The van der Waals surface area contributed by atoms with Gasteiger partial charge in [0.2, 0.25) is 12.3 Å². The number of esters is 1. The van der Waals surface area contributed by atoms with Gasteiger partial charge in [0.15, 0.2) is 0 Å². The number of aliphatic hydroxyl groups is 1. The van der Waals surface area contributed by atoms with Crippen LogP contribution in [0.25, 0.3) is 0 Å². The Labute approximate surface area is 209 Å². The fraction of sp³-hybridized carbons (Fsp3) is 0.800. The van der Waals surface area contributed by atoms with Gasteiger partial charge in [-0.2, -0.15) is 0 Å². The molecule has 10 heteroatoms. The molecule has 200 valence electrons. The van der Waals surface area contributed by atoms with E-state index in [1.807, 2.05) is 6.92 Å². The van der Waals surface area contributed by atoms with E-state index >= 15 is 0 Å². The summed E-state index contributed by atoms with van der Waals surface area (Å²) < 4.78 is 22.3. The van der Waals surface area contributed by atoms with Gasteiger partial charge in [-0.3, -0.25) is 9.69 Å². The smallest absolute Gasteiger partial charge is 0.411 e. The number of hydrogen-bond donors (Lipinski definition) is 2. The number of nitrogens with one attached hydrogen (secondary N) is 1. The molecular weight excluding hydrogens is 456 g/mol. The minimum Gasteiger partial charge on any atom is -0.458 e. The number of likely N-dealkylation sites (tertiary alicyclic amines) is 1. The lowest BCUT2D eigenvalue weighted by atomic mass is 9.89. The highest BCUT2D eigenvalue weighted by Crippen LogP contribution is 2.38.